The van der Waals surface area contributed by atoms with E-state index in [4.69, 9.17) is 19.9 Å². The zero-order valence-corrected chi connectivity index (χ0v) is 19.2. The molecule has 0 saturated heterocycles. The van der Waals surface area contributed by atoms with Crippen LogP contribution >= 0.6 is 0 Å². The van der Waals surface area contributed by atoms with Crippen LogP contribution in [0.15, 0.2) is 71.5 Å². The third-order valence-electron chi connectivity index (χ3n) is 6.88. The lowest BCUT2D eigenvalue weighted by atomic mass is 9.58. The largest absolute Gasteiger partial charge is 0.454 e. The average Bonchev–Trinajstić information content (AvgIpc) is 3.39. The van der Waals surface area contributed by atoms with Crippen LogP contribution in [0, 0.1) is 45.3 Å². The van der Waals surface area contributed by atoms with Crippen LogP contribution in [0.1, 0.15) is 17.0 Å². The number of nitrogens with zero attached hydrogens (tertiary/aromatic N) is 4. The maximum atomic E-state index is 13.0. The summed E-state index contributed by atoms with van der Waals surface area (Å²) in [5, 5.41) is 30.4. The van der Waals surface area contributed by atoms with E-state index in [1.807, 2.05) is 30.3 Å². The van der Waals surface area contributed by atoms with Gasteiger partial charge in [-0.1, -0.05) is 42.5 Å². The van der Waals surface area contributed by atoms with E-state index in [1.54, 1.807) is 24.3 Å². The number of hydrogen-bond donors (Lipinski definition) is 1. The summed E-state index contributed by atoms with van der Waals surface area (Å²) in [7, 11) is 0. The Balaban J connectivity index is 1.54. The van der Waals surface area contributed by atoms with Crippen molar-refractivity contribution in [3.63, 3.8) is 0 Å². The van der Waals surface area contributed by atoms with Crippen molar-refractivity contribution in [2.45, 2.75) is 12.5 Å². The number of benzene rings is 2. The number of ether oxygens (including phenoxy) is 3. The van der Waals surface area contributed by atoms with E-state index >= 15 is 0 Å². The zero-order chi connectivity index (χ0) is 25.3. The number of allylic oxidation sites excluding steroid dienone is 2. The van der Waals surface area contributed by atoms with E-state index in [0.29, 0.717) is 22.6 Å². The molecule has 2 atom stereocenters. The first-order valence-corrected chi connectivity index (χ1v) is 11.3. The standard InChI is InChI=1S/C27H21N5O4/c28-11-20-19-8-9-32(26(33)34-13-17-4-2-1-3-5-17)12-21(19)24(27(14-29,15-30)25(20)31)18-6-7-22-23(10-18)36-16-35-22/h1-8,10,21,24H,9,12-13,16,31H2. The molecule has 5 rings (SSSR count). The summed E-state index contributed by atoms with van der Waals surface area (Å²) < 4.78 is 16.4. The molecule has 3 aliphatic rings. The molecule has 2 heterocycles. The molecule has 178 valence electrons. The molecule has 0 fully saturated rings. The minimum absolute atomic E-state index is 0.0708. The first-order valence-electron chi connectivity index (χ1n) is 11.3. The number of amides is 1. The van der Waals surface area contributed by atoms with Crippen LogP contribution in [0.4, 0.5) is 4.79 Å². The van der Waals surface area contributed by atoms with E-state index in [-0.39, 0.29) is 37.8 Å². The van der Waals surface area contributed by atoms with Crippen molar-refractivity contribution in [2.75, 3.05) is 19.9 Å². The van der Waals surface area contributed by atoms with Gasteiger partial charge in [0, 0.05) is 24.9 Å². The zero-order valence-electron chi connectivity index (χ0n) is 19.2. The highest BCUT2D eigenvalue weighted by Crippen LogP contribution is 2.55. The van der Waals surface area contributed by atoms with Crippen molar-refractivity contribution in [2.24, 2.45) is 17.1 Å². The first kappa shape index (κ1) is 22.8. The van der Waals surface area contributed by atoms with Crippen molar-refractivity contribution in [1.29, 1.82) is 15.8 Å². The van der Waals surface area contributed by atoms with E-state index in [2.05, 4.69) is 18.2 Å². The molecule has 0 bridgehead atoms. The second kappa shape index (κ2) is 9.02. The van der Waals surface area contributed by atoms with Gasteiger partial charge in [-0.15, -0.1) is 0 Å². The van der Waals surface area contributed by atoms with Crippen molar-refractivity contribution in [1.82, 2.24) is 4.90 Å². The van der Waals surface area contributed by atoms with Gasteiger partial charge in [-0.05, 0) is 28.8 Å². The Morgan fingerprint density at radius 1 is 1.11 bits per heavy atom. The number of nitriles is 3. The molecule has 9 nitrogen and oxygen atoms in total. The Bertz CT molecular complexity index is 1400. The van der Waals surface area contributed by atoms with Gasteiger partial charge >= 0.3 is 6.09 Å². The fraction of sp³-hybridized carbons (Fsp3) is 0.259. The van der Waals surface area contributed by atoms with Crippen LogP contribution in [0.3, 0.4) is 0 Å². The van der Waals surface area contributed by atoms with Crippen LogP contribution in [0.5, 0.6) is 11.5 Å². The van der Waals surface area contributed by atoms with Crippen molar-refractivity contribution in [3.05, 3.63) is 82.6 Å². The average molecular weight is 479 g/mol. The normalized spacial score (nSPS) is 21.4. The molecule has 2 unspecified atom stereocenters. The Hall–Kier alpha value is -4.94. The Morgan fingerprint density at radius 2 is 1.86 bits per heavy atom. The van der Waals surface area contributed by atoms with E-state index in [0.717, 1.165) is 5.56 Å². The third kappa shape index (κ3) is 3.57. The van der Waals surface area contributed by atoms with Gasteiger partial charge in [0.1, 0.15) is 12.7 Å². The van der Waals surface area contributed by atoms with Crippen LogP contribution in [-0.4, -0.2) is 30.9 Å². The molecule has 9 heteroatoms. The maximum Gasteiger partial charge on any atom is 0.410 e. The van der Waals surface area contributed by atoms with Crippen LogP contribution in [0.2, 0.25) is 0 Å². The van der Waals surface area contributed by atoms with E-state index in [1.165, 1.54) is 4.90 Å². The second-order valence-electron chi connectivity index (χ2n) is 8.73. The summed E-state index contributed by atoms with van der Waals surface area (Å²) in [6.07, 6.45) is 1.22. The minimum Gasteiger partial charge on any atom is -0.454 e. The second-order valence-corrected chi connectivity index (χ2v) is 8.73. The maximum absolute atomic E-state index is 13.0. The Labute approximate surface area is 207 Å². The molecule has 0 spiro atoms. The van der Waals surface area contributed by atoms with E-state index in [9.17, 15) is 20.6 Å². The summed E-state index contributed by atoms with van der Waals surface area (Å²) in [4.78, 5) is 14.5. The number of carbonyl (C=O) groups excluding carboxylic acids is 1. The number of rotatable bonds is 3. The summed E-state index contributed by atoms with van der Waals surface area (Å²) >= 11 is 0. The molecule has 2 N–H and O–H groups in total. The Kier molecular flexibility index (Phi) is 5.72. The smallest absolute Gasteiger partial charge is 0.410 e. The van der Waals surface area contributed by atoms with Crippen LogP contribution < -0.4 is 15.2 Å². The van der Waals surface area contributed by atoms with Gasteiger partial charge < -0.3 is 24.8 Å². The van der Waals surface area contributed by atoms with Crippen molar-refractivity contribution < 1.29 is 19.0 Å². The first-order chi connectivity index (χ1) is 17.5. The van der Waals surface area contributed by atoms with Crippen LogP contribution in [-0.2, 0) is 11.3 Å². The topological polar surface area (TPSA) is 145 Å². The lowest BCUT2D eigenvalue weighted by molar-refractivity contribution is 0.0898. The molecule has 0 aromatic heterocycles. The SMILES string of the molecule is N#CC1=C(N)C(C#N)(C#N)C(c2ccc3c(c2)OCO3)C2CN(C(=O)OCc3ccccc3)CC=C12. The summed E-state index contributed by atoms with van der Waals surface area (Å²) in [6, 6.07) is 20.8. The van der Waals surface area contributed by atoms with E-state index < -0.39 is 23.3 Å². The molecule has 2 aliphatic heterocycles. The minimum atomic E-state index is -1.82. The fourth-order valence-electron chi connectivity index (χ4n) is 5.12. The quantitative estimate of drug-likeness (QED) is 0.704. The molecule has 0 radical (unpaired) electrons. The van der Waals surface area contributed by atoms with Gasteiger partial charge in [0.05, 0.1) is 23.4 Å². The van der Waals surface area contributed by atoms with Gasteiger partial charge in [0.15, 0.2) is 16.9 Å². The Morgan fingerprint density at radius 3 is 2.58 bits per heavy atom. The summed E-state index contributed by atoms with van der Waals surface area (Å²) in [5.41, 5.74) is 6.65. The molecule has 2 aromatic carbocycles. The van der Waals surface area contributed by atoms with Gasteiger partial charge in [0.2, 0.25) is 6.79 Å². The molecule has 1 aliphatic carbocycles. The highest BCUT2D eigenvalue weighted by atomic mass is 16.7. The lowest BCUT2D eigenvalue weighted by Gasteiger charge is -2.45. The van der Waals surface area contributed by atoms with Crippen molar-refractivity contribution in [3.8, 4) is 29.7 Å². The molecule has 36 heavy (non-hydrogen) atoms. The van der Waals surface area contributed by atoms with Gasteiger partial charge in [-0.25, -0.2) is 4.79 Å². The predicted molar refractivity (Wildman–Crippen MR) is 126 cm³/mol. The molecular formula is C27H21N5O4. The number of carbonyl (C=O) groups is 1. The lowest BCUT2D eigenvalue weighted by Crippen LogP contribution is -2.49. The summed E-state index contributed by atoms with van der Waals surface area (Å²) in [5.74, 6) is -0.271. The molecule has 1 amide bonds. The number of hydrogen-bond acceptors (Lipinski definition) is 8. The fourth-order valence-corrected chi connectivity index (χ4v) is 5.12. The highest BCUT2D eigenvalue weighted by molar-refractivity contribution is 5.69. The van der Waals surface area contributed by atoms with Gasteiger partial charge in [-0.2, -0.15) is 15.8 Å². The number of fused-ring (bicyclic) bond motifs is 2. The van der Waals surface area contributed by atoms with Crippen molar-refractivity contribution >= 4 is 6.09 Å². The third-order valence-corrected chi connectivity index (χ3v) is 6.88. The molecule has 2 aromatic rings. The highest BCUT2D eigenvalue weighted by Gasteiger charge is 2.55. The van der Waals surface area contributed by atoms with Crippen LogP contribution in [0.25, 0.3) is 0 Å². The summed E-state index contributed by atoms with van der Waals surface area (Å²) in [6.45, 7) is 0.529. The van der Waals surface area contributed by atoms with Gasteiger partial charge in [-0.3, -0.25) is 0 Å². The predicted octanol–water partition coefficient (Wildman–Crippen LogP) is 3.48. The number of nitrogens with two attached hydrogens (primary N) is 1. The molecule has 0 saturated carbocycles. The van der Waals surface area contributed by atoms with Gasteiger partial charge in [0.25, 0.3) is 0 Å². The monoisotopic (exact) mass is 479 g/mol. The molecular weight excluding hydrogens is 458 g/mol.